The largest absolute Gasteiger partial charge is 0.456 e. The minimum atomic E-state index is 0.828. The summed E-state index contributed by atoms with van der Waals surface area (Å²) in [5.74, 6) is 0. The monoisotopic (exact) mass is 742 g/mol. The lowest BCUT2D eigenvalue weighted by molar-refractivity contribution is 0.668. The molecular weight excluding hydrogens is 709 g/mol. The fourth-order valence-electron chi connectivity index (χ4n) is 8.93. The van der Waals surface area contributed by atoms with Crippen LogP contribution in [0, 0.1) is 0 Å². The number of para-hydroxylation sites is 4. The Hall–Kier alpha value is -7.82. The van der Waals surface area contributed by atoms with Crippen LogP contribution >= 0.6 is 0 Å². The van der Waals surface area contributed by atoms with Crippen molar-refractivity contribution in [2.45, 2.75) is 0 Å². The number of hydrogen-bond donors (Lipinski definition) is 0. The van der Waals surface area contributed by atoms with E-state index >= 15 is 0 Å². The maximum atomic E-state index is 6.69. The van der Waals surface area contributed by atoms with E-state index in [1.165, 1.54) is 27.4 Å². The number of fused-ring (bicyclic) bond motifs is 9. The van der Waals surface area contributed by atoms with Gasteiger partial charge in [0.15, 0.2) is 5.58 Å². The fraction of sp³-hybridized carbons (Fsp3) is 0. The van der Waals surface area contributed by atoms with E-state index in [0.29, 0.717) is 0 Å². The molecule has 0 saturated heterocycles. The summed E-state index contributed by atoms with van der Waals surface area (Å²) in [4.78, 5) is 2.33. The smallest absolute Gasteiger partial charge is 0.159 e. The fourth-order valence-corrected chi connectivity index (χ4v) is 8.93. The highest BCUT2D eigenvalue weighted by atomic mass is 16.3. The normalized spacial score (nSPS) is 11.8. The van der Waals surface area contributed by atoms with Crippen LogP contribution in [0.3, 0.4) is 0 Å². The first-order valence-corrected chi connectivity index (χ1v) is 19.7. The molecule has 0 spiro atoms. The standard InChI is InChI=1S/C54H34N2O2/c1-3-13-35(14-4-1)36-25-29-40(30-26-36)56(49-22-11-19-43-42-18-8-10-23-50(42)58-54(43)49)48-21-12-24-52-53(48)45-34-38(28-32-51(45)57-52)37-27-31-47-44(33-37)41-17-7-9-20-46(41)55(47)39-15-5-2-6-16-39/h1-34H. The molecule has 0 radical (unpaired) electrons. The van der Waals surface area contributed by atoms with Gasteiger partial charge in [0.1, 0.15) is 16.7 Å². The summed E-state index contributed by atoms with van der Waals surface area (Å²) in [5.41, 5.74) is 14.5. The SMILES string of the molecule is c1ccc(-c2ccc(N(c3cccc4c3oc3ccccc34)c3cccc4oc5ccc(-c6ccc7c(c6)c6ccccc6n7-c6ccccc6)cc5c34)cc2)cc1. The minimum Gasteiger partial charge on any atom is -0.456 e. The molecular formula is C54H34N2O2. The summed E-state index contributed by atoms with van der Waals surface area (Å²) >= 11 is 0. The first kappa shape index (κ1) is 32.4. The molecule has 9 aromatic carbocycles. The number of anilines is 3. The quantitative estimate of drug-likeness (QED) is 0.170. The van der Waals surface area contributed by atoms with Crippen LogP contribution < -0.4 is 4.90 Å². The van der Waals surface area contributed by atoms with Gasteiger partial charge in [-0.15, -0.1) is 0 Å². The third kappa shape index (κ3) is 5.02. The second-order valence-corrected chi connectivity index (χ2v) is 14.9. The molecule has 3 aromatic heterocycles. The van der Waals surface area contributed by atoms with Crippen molar-refractivity contribution in [2.75, 3.05) is 4.90 Å². The third-order valence-corrected chi connectivity index (χ3v) is 11.6. The van der Waals surface area contributed by atoms with Crippen molar-refractivity contribution in [2.24, 2.45) is 0 Å². The molecule has 4 nitrogen and oxygen atoms in total. The van der Waals surface area contributed by atoms with Gasteiger partial charge in [-0.25, -0.2) is 0 Å². The van der Waals surface area contributed by atoms with Crippen LogP contribution in [0.15, 0.2) is 215 Å². The number of rotatable bonds is 6. The number of furan rings is 2. The highest BCUT2D eigenvalue weighted by molar-refractivity contribution is 6.17. The maximum absolute atomic E-state index is 6.69. The molecule has 0 unspecified atom stereocenters. The Morgan fingerprint density at radius 1 is 0.345 bits per heavy atom. The van der Waals surface area contributed by atoms with E-state index in [2.05, 4.69) is 204 Å². The molecule has 0 amide bonds. The van der Waals surface area contributed by atoms with Crippen molar-refractivity contribution in [1.82, 2.24) is 4.57 Å². The van der Waals surface area contributed by atoms with Gasteiger partial charge in [0.2, 0.25) is 0 Å². The molecule has 12 aromatic rings. The molecule has 0 aliphatic rings. The van der Waals surface area contributed by atoms with Crippen LogP contribution in [0.25, 0.3) is 93.6 Å². The summed E-state index contributed by atoms with van der Waals surface area (Å²) in [6, 6.07) is 73.1. The second kappa shape index (κ2) is 12.9. The third-order valence-electron chi connectivity index (χ3n) is 11.6. The summed E-state index contributed by atoms with van der Waals surface area (Å²) in [6.07, 6.45) is 0. The highest BCUT2D eigenvalue weighted by Gasteiger charge is 2.24. The Balaban J connectivity index is 1.07. The van der Waals surface area contributed by atoms with Gasteiger partial charge in [0.25, 0.3) is 0 Å². The van der Waals surface area contributed by atoms with Gasteiger partial charge >= 0.3 is 0 Å². The summed E-state index contributed by atoms with van der Waals surface area (Å²) in [7, 11) is 0. The zero-order valence-electron chi connectivity index (χ0n) is 31.3. The molecule has 0 saturated carbocycles. The van der Waals surface area contributed by atoms with E-state index in [1.54, 1.807) is 0 Å². The Labute approximate surface area is 334 Å². The van der Waals surface area contributed by atoms with Crippen LogP contribution in [0.5, 0.6) is 0 Å². The van der Waals surface area contributed by atoms with Gasteiger partial charge in [-0.05, 0) is 101 Å². The number of nitrogens with zero attached hydrogens (tertiary/aromatic N) is 2. The molecule has 272 valence electrons. The van der Waals surface area contributed by atoms with E-state index < -0.39 is 0 Å². The molecule has 0 fully saturated rings. The van der Waals surface area contributed by atoms with E-state index in [1.807, 2.05) is 12.1 Å². The van der Waals surface area contributed by atoms with Crippen LogP contribution in [-0.4, -0.2) is 4.57 Å². The molecule has 4 heteroatoms. The molecule has 3 heterocycles. The lowest BCUT2D eigenvalue weighted by atomic mass is 9.99. The molecule has 12 rings (SSSR count). The second-order valence-electron chi connectivity index (χ2n) is 14.9. The Kier molecular flexibility index (Phi) is 7.20. The number of hydrogen-bond acceptors (Lipinski definition) is 3. The predicted octanol–water partition coefficient (Wildman–Crippen LogP) is 15.4. The van der Waals surface area contributed by atoms with Crippen molar-refractivity contribution >= 4 is 82.7 Å². The number of aromatic nitrogens is 1. The average molecular weight is 743 g/mol. The molecule has 0 aliphatic carbocycles. The van der Waals surface area contributed by atoms with E-state index in [9.17, 15) is 0 Å². The van der Waals surface area contributed by atoms with Gasteiger partial charge in [-0.1, -0.05) is 127 Å². The molecule has 0 N–H and O–H groups in total. The molecule has 0 bridgehead atoms. The van der Waals surface area contributed by atoms with Crippen molar-refractivity contribution in [1.29, 1.82) is 0 Å². The average Bonchev–Trinajstić information content (AvgIpc) is 3.97. The van der Waals surface area contributed by atoms with E-state index in [4.69, 9.17) is 8.83 Å². The lowest BCUT2D eigenvalue weighted by Gasteiger charge is -2.26. The van der Waals surface area contributed by atoms with E-state index in [-0.39, 0.29) is 0 Å². The van der Waals surface area contributed by atoms with Crippen molar-refractivity contribution < 1.29 is 8.83 Å². The first-order valence-electron chi connectivity index (χ1n) is 19.7. The van der Waals surface area contributed by atoms with Gasteiger partial charge in [-0.3, -0.25) is 0 Å². The topological polar surface area (TPSA) is 34.5 Å². The van der Waals surface area contributed by atoms with Crippen molar-refractivity contribution in [3.8, 4) is 27.9 Å². The summed E-state index contributed by atoms with van der Waals surface area (Å²) in [6.45, 7) is 0. The number of benzene rings is 9. The molecule has 58 heavy (non-hydrogen) atoms. The minimum absolute atomic E-state index is 0.828. The predicted molar refractivity (Wildman–Crippen MR) is 241 cm³/mol. The Morgan fingerprint density at radius 2 is 0.931 bits per heavy atom. The lowest BCUT2D eigenvalue weighted by Crippen LogP contribution is -2.10. The molecule has 0 aliphatic heterocycles. The van der Waals surface area contributed by atoms with Crippen LogP contribution in [-0.2, 0) is 0 Å². The molecule has 0 atom stereocenters. The highest BCUT2D eigenvalue weighted by Crippen LogP contribution is 2.47. The van der Waals surface area contributed by atoms with Gasteiger partial charge in [0.05, 0.1) is 27.8 Å². The van der Waals surface area contributed by atoms with Crippen molar-refractivity contribution in [3.63, 3.8) is 0 Å². The van der Waals surface area contributed by atoms with Crippen molar-refractivity contribution in [3.05, 3.63) is 206 Å². The van der Waals surface area contributed by atoms with Crippen LogP contribution in [0.1, 0.15) is 0 Å². The van der Waals surface area contributed by atoms with Crippen LogP contribution in [0.2, 0.25) is 0 Å². The van der Waals surface area contributed by atoms with Gasteiger partial charge in [0, 0.05) is 38.3 Å². The zero-order valence-corrected chi connectivity index (χ0v) is 31.3. The van der Waals surface area contributed by atoms with Gasteiger partial charge in [-0.2, -0.15) is 0 Å². The summed E-state index contributed by atoms with van der Waals surface area (Å²) in [5, 5.41) is 6.72. The summed E-state index contributed by atoms with van der Waals surface area (Å²) < 4.78 is 15.7. The zero-order chi connectivity index (χ0) is 38.2. The maximum Gasteiger partial charge on any atom is 0.159 e. The first-order chi connectivity index (χ1) is 28.8. The Bertz CT molecular complexity index is 3500. The van der Waals surface area contributed by atoms with E-state index in [0.717, 1.165) is 83.3 Å². The Morgan fingerprint density at radius 3 is 1.78 bits per heavy atom. The van der Waals surface area contributed by atoms with Crippen LogP contribution in [0.4, 0.5) is 17.1 Å². The van der Waals surface area contributed by atoms with Gasteiger partial charge < -0.3 is 18.3 Å².